The Bertz CT molecular complexity index is 227. The maximum Gasteiger partial charge on any atom is 0.320 e. The smallest absolute Gasteiger partial charge is 0.320 e. The van der Waals surface area contributed by atoms with Crippen molar-refractivity contribution in [2.24, 2.45) is 0 Å². The van der Waals surface area contributed by atoms with Gasteiger partial charge in [-0.1, -0.05) is 0 Å². The summed E-state index contributed by atoms with van der Waals surface area (Å²) in [6.45, 7) is 7.51. The Hall–Kier alpha value is -1.10. The third-order valence-corrected chi connectivity index (χ3v) is 2.50. The second-order valence-corrected chi connectivity index (χ2v) is 3.68. The number of hydrogen-bond acceptors (Lipinski definition) is 3. The molecule has 0 aliphatic heterocycles. The summed E-state index contributed by atoms with van der Waals surface area (Å²) in [5.74, 6) is -0.732. The summed E-state index contributed by atoms with van der Waals surface area (Å²) in [6, 6.07) is -0.552. The number of nitrogens with one attached hydrogen (secondary N) is 1. The van der Waals surface area contributed by atoms with Gasteiger partial charge in [-0.3, -0.25) is 9.59 Å². The van der Waals surface area contributed by atoms with Crippen molar-refractivity contribution in [3.8, 4) is 0 Å². The van der Waals surface area contributed by atoms with Crippen LogP contribution in [0.2, 0.25) is 0 Å². The van der Waals surface area contributed by atoms with Gasteiger partial charge in [0.05, 0.1) is 0 Å². The third-order valence-electron chi connectivity index (χ3n) is 2.50. The fraction of sp³-hybridized carbons (Fsp3) is 0.818. The van der Waals surface area contributed by atoms with E-state index in [0.717, 1.165) is 13.1 Å². The summed E-state index contributed by atoms with van der Waals surface area (Å²) in [6.07, 6.45) is 1.15. The maximum absolute atomic E-state index is 11.6. The number of carbonyl (C=O) groups is 2. The molecule has 0 aromatic rings. The van der Waals surface area contributed by atoms with Gasteiger partial charge in [-0.05, 0) is 33.7 Å². The van der Waals surface area contributed by atoms with Crippen LogP contribution in [-0.4, -0.2) is 47.6 Å². The van der Waals surface area contributed by atoms with Gasteiger partial charge in [0, 0.05) is 19.5 Å². The molecule has 0 aliphatic carbocycles. The Kier molecular flexibility index (Phi) is 7.54. The lowest BCUT2D eigenvalue weighted by molar-refractivity contribution is -0.138. The van der Waals surface area contributed by atoms with E-state index in [-0.39, 0.29) is 5.91 Å². The molecule has 1 amide bonds. The van der Waals surface area contributed by atoms with E-state index in [1.165, 1.54) is 0 Å². The predicted octanol–water partition coefficient (Wildman–Crippen LogP) is 0.698. The van der Waals surface area contributed by atoms with E-state index < -0.39 is 12.0 Å². The lowest BCUT2D eigenvalue weighted by Crippen LogP contribution is -2.35. The van der Waals surface area contributed by atoms with E-state index in [4.69, 9.17) is 5.11 Å². The van der Waals surface area contributed by atoms with Crippen molar-refractivity contribution in [2.75, 3.05) is 19.6 Å². The molecule has 5 heteroatoms. The molecule has 0 rings (SSSR count). The van der Waals surface area contributed by atoms with Crippen molar-refractivity contribution in [3.63, 3.8) is 0 Å². The summed E-state index contributed by atoms with van der Waals surface area (Å²) in [5.41, 5.74) is 0. The molecule has 0 radical (unpaired) electrons. The van der Waals surface area contributed by atoms with Crippen LogP contribution in [0.15, 0.2) is 0 Å². The van der Waals surface area contributed by atoms with Crippen LogP contribution in [0.1, 0.15) is 33.6 Å². The standard InChI is InChI=1S/C11H22N2O3/c1-4-13(5-2)10(14)7-6-8-12-9(3)11(15)16/h9,12H,4-8H2,1-3H3,(H,15,16). The minimum atomic E-state index is -0.866. The lowest BCUT2D eigenvalue weighted by atomic mass is 10.2. The molecule has 5 nitrogen and oxygen atoms in total. The second-order valence-electron chi connectivity index (χ2n) is 3.68. The zero-order valence-corrected chi connectivity index (χ0v) is 10.3. The third kappa shape index (κ3) is 5.70. The fourth-order valence-electron chi connectivity index (χ4n) is 1.38. The highest BCUT2D eigenvalue weighted by Crippen LogP contribution is 1.97. The number of aliphatic carboxylic acids is 1. The molecule has 0 fully saturated rings. The van der Waals surface area contributed by atoms with Crippen LogP contribution in [0.5, 0.6) is 0 Å². The molecule has 0 aliphatic rings. The Labute approximate surface area is 96.8 Å². The molecule has 16 heavy (non-hydrogen) atoms. The molecule has 0 saturated carbocycles. The normalized spacial score (nSPS) is 12.2. The molecule has 1 unspecified atom stereocenters. The number of hydrogen-bond donors (Lipinski definition) is 2. The number of amides is 1. The lowest BCUT2D eigenvalue weighted by Gasteiger charge is -2.18. The molecule has 1 atom stereocenters. The first-order valence-corrected chi connectivity index (χ1v) is 5.76. The van der Waals surface area contributed by atoms with Crippen LogP contribution in [-0.2, 0) is 9.59 Å². The van der Waals surface area contributed by atoms with Gasteiger partial charge < -0.3 is 15.3 Å². The number of carboxylic acids is 1. The highest BCUT2D eigenvalue weighted by molar-refractivity contribution is 5.76. The van der Waals surface area contributed by atoms with Crippen LogP contribution in [0.4, 0.5) is 0 Å². The minimum Gasteiger partial charge on any atom is -0.480 e. The van der Waals surface area contributed by atoms with Crippen molar-refractivity contribution < 1.29 is 14.7 Å². The highest BCUT2D eigenvalue weighted by Gasteiger charge is 2.11. The van der Waals surface area contributed by atoms with Gasteiger partial charge in [0.2, 0.25) is 5.91 Å². The minimum absolute atomic E-state index is 0.134. The number of carbonyl (C=O) groups excluding carboxylic acids is 1. The number of rotatable bonds is 8. The Morgan fingerprint density at radius 2 is 1.88 bits per heavy atom. The molecule has 2 N–H and O–H groups in total. The molecule has 94 valence electrons. The van der Waals surface area contributed by atoms with E-state index in [0.29, 0.717) is 19.4 Å². The van der Waals surface area contributed by atoms with E-state index in [1.807, 2.05) is 13.8 Å². The first-order valence-electron chi connectivity index (χ1n) is 5.76. The van der Waals surface area contributed by atoms with Gasteiger partial charge in [0.15, 0.2) is 0 Å². The topological polar surface area (TPSA) is 69.6 Å². The van der Waals surface area contributed by atoms with Crippen LogP contribution in [0, 0.1) is 0 Å². The number of carboxylic acid groups (broad SMARTS) is 1. The highest BCUT2D eigenvalue weighted by atomic mass is 16.4. The van der Waals surface area contributed by atoms with Gasteiger partial charge in [-0.25, -0.2) is 0 Å². The Morgan fingerprint density at radius 3 is 2.31 bits per heavy atom. The van der Waals surface area contributed by atoms with E-state index in [1.54, 1.807) is 11.8 Å². The number of nitrogens with zero attached hydrogens (tertiary/aromatic N) is 1. The largest absolute Gasteiger partial charge is 0.480 e. The first kappa shape index (κ1) is 14.9. The Balaban J connectivity index is 3.66. The summed E-state index contributed by atoms with van der Waals surface area (Å²) >= 11 is 0. The first-order chi connectivity index (χ1) is 7.52. The van der Waals surface area contributed by atoms with Gasteiger partial charge >= 0.3 is 5.97 Å². The van der Waals surface area contributed by atoms with Gasteiger partial charge in [0.1, 0.15) is 6.04 Å². The van der Waals surface area contributed by atoms with Gasteiger partial charge in [-0.15, -0.1) is 0 Å². The second kappa shape index (κ2) is 8.10. The molecule has 0 aromatic heterocycles. The van der Waals surface area contributed by atoms with E-state index in [9.17, 15) is 9.59 Å². The average Bonchev–Trinajstić information content (AvgIpc) is 2.25. The van der Waals surface area contributed by atoms with Crippen molar-refractivity contribution in [1.82, 2.24) is 10.2 Å². The van der Waals surface area contributed by atoms with Gasteiger partial charge in [0.25, 0.3) is 0 Å². The molecule has 0 aromatic carbocycles. The molecule has 0 spiro atoms. The zero-order chi connectivity index (χ0) is 12.6. The monoisotopic (exact) mass is 230 g/mol. The Morgan fingerprint density at radius 1 is 1.31 bits per heavy atom. The van der Waals surface area contributed by atoms with Crippen molar-refractivity contribution in [3.05, 3.63) is 0 Å². The van der Waals surface area contributed by atoms with E-state index in [2.05, 4.69) is 5.32 Å². The van der Waals surface area contributed by atoms with Crippen LogP contribution in [0.3, 0.4) is 0 Å². The quantitative estimate of drug-likeness (QED) is 0.602. The SMILES string of the molecule is CCN(CC)C(=O)CCCNC(C)C(=O)O. The summed E-state index contributed by atoms with van der Waals surface area (Å²) in [7, 11) is 0. The summed E-state index contributed by atoms with van der Waals surface area (Å²) in [4.78, 5) is 23.8. The van der Waals surface area contributed by atoms with Crippen molar-refractivity contribution in [1.29, 1.82) is 0 Å². The van der Waals surface area contributed by atoms with Crippen LogP contribution < -0.4 is 5.32 Å². The molecular formula is C11H22N2O3. The molecular weight excluding hydrogens is 208 g/mol. The van der Waals surface area contributed by atoms with Crippen LogP contribution in [0.25, 0.3) is 0 Å². The molecule has 0 saturated heterocycles. The van der Waals surface area contributed by atoms with Crippen molar-refractivity contribution in [2.45, 2.75) is 39.7 Å². The zero-order valence-electron chi connectivity index (χ0n) is 10.3. The molecule has 0 bridgehead atoms. The maximum atomic E-state index is 11.6. The van der Waals surface area contributed by atoms with Crippen molar-refractivity contribution >= 4 is 11.9 Å². The average molecular weight is 230 g/mol. The molecule has 0 heterocycles. The predicted molar refractivity (Wildman–Crippen MR) is 62.3 cm³/mol. The van der Waals surface area contributed by atoms with Gasteiger partial charge in [-0.2, -0.15) is 0 Å². The summed E-state index contributed by atoms with van der Waals surface area (Å²) in [5, 5.41) is 11.5. The van der Waals surface area contributed by atoms with E-state index >= 15 is 0 Å². The van der Waals surface area contributed by atoms with Crippen LogP contribution >= 0.6 is 0 Å². The fourth-order valence-corrected chi connectivity index (χ4v) is 1.38. The summed E-state index contributed by atoms with van der Waals surface area (Å²) < 4.78 is 0.